The summed E-state index contributed by atoms with van der Waals surface area (Å²) in [6, 6.07) is 15.7. The van der Waals surface area contributed by atoms with Gasteiger partial charge in [0.05, 0.1) is 0 Å². The fraction of sp³-hybridized carbons (Fsp3) is 0. The highest BCUT2D eigenvalue weighted by Gasteiger charge is 1.95. The van der Waals surface area contributed by atoms with E-state index in [1.165, 1.54) is 0 Å². The third-order valence-corrected chi connectivity index (χ3v) is 3.04. The van der Waals surface area contributed by atoms with Crippen LogP contribution in [0.2, 0.25) is 5.02 Å². The number of rotatable bonds is 2. The SMILES string of the molecule is Sc1ccccc1C=Cc1ccccc1Cl. The van der Waals surface area contributed by atoms with E-state index in [0.29, 0.717) is 0 Å². The van der Waals surface area contributed by atoms with Gasteiger partial charge in [0.2, 0.25) is 0 Å². The minimum absolute atomic E-state index is 0.760. The monoisotopic (exact) mass is 246 g/mol. The number of thiol groups is 1. The van der Waals surface area contributed by atoms with Crippen molar-refractivity contribution in [2.75, 3.05) is 0 Å². The van der Waals surface area contributed by atoms with Crippen LogP contribution in [0.25, 0.3) is 12.2 Å². The zero-order valence-electron chi connectivity index (χ0n) is 8.60. The van der Waals surface area contributed by atoms with E-state index in [9.17, 15) is 0 Å². The molecule has 2 aromatic carbocycles. The molecule has 0 bridgehead atoms. The second kappa shape index (κ2) is 5.24. The molecule has 80 valence electrons. The fourth-order valence-electron chi connectivity index (χ4n) is 1.42. The molecule has 0 saturated carbocycles. The third-order valence-electron chi connectivity index (χ3n) is 2.28. The van der Waals surface area contributed by atoms with Crippen LogP contribution in [0, 0.1) is 0 Å². The lowest BCUT2D eigenvalue weighted by atomic mass is 10.1. The van der Waals surface area contributed by atoms with Gasteiger partial charge < -0.3 is 0 Å². The molecule has 0 fully saturated rings. The molecule has 0 spiro atoms. The Kier molecular flexibility index (Phi) is 3.70. The smallest absolute Gasteiger partial charge is 0.0478 e. The van der Waals surface area contributed by atoms with Gasteiger partial charge in [-0.1, -0.05) is 60.2 Å². The van der Waals surface area contributed by atoms with Crippen molar-refractivity contribution in [1.82, 2.24) is 0 Å². The molecule has 0 aliphatic carbocycles. The lowest BCUT2D eigenvalue weighted by Gasteiger charge is -1.99. The van der Waals surface area contributed by atoms with Gasteiger partial charge in [0.15, 0.2) is 0 Å². The van der Waals surface area contributed by atoms with E-state index in [4.69, 9.17) is 11.6 Å². The molecule has 0 N–H and O–H groups in total. The summed E-state index contributed by atoms with van der Waals surface area (Å²) in [6.07, 6.45) is 4.01. The second-order valence-corrected chi connectivity index (χ2v) is 4.30. The van der Waals surface area contributed by atoms with Crippen molar-refractivity contribution in [2.24, 2.45) is 0 Å². The van der Waals surface area contributed by atoms with E-state index in [-0.39, 0.29) is 0 Å². The summed E-state index contributed by atoms with van der Waals surface area (Å²) in [7, 11) is 0. The number of hydrogen-bond acceptors (Lipinski definition) is 1. The van der Waals surface area contributed by atoms with Gasteiger partial charge in [0, 0.05) is 9.92 Å². The Labute approximate surface area is 106 Å². The first-order valence-electron chi connectivity index (χ1n) is 4.98. The van der Waals surface area contributed by atoms with Crippen LogP contribution in [0.4, 0.5) is 0 Å². The Morgan fingerprint density at radius 2 is 1.38 bits per heavy atom. The van der Waals surface area contributed by atoms with Gasteiger partial charge in [-0.15, -0.1) is 12.6 Å². The molecule has 0 aliphatic heterocycles. The van der Waals surface area contributed by atoms with Crippen molar-refractivity contribution >= 4 is 36.4 Å². The highest BCUT2D eigenvalue weighted by Crippen LogP contribution is 2.20. The summed E-state index contributed by atoms with van der Waals surface area (Å²) in [5, 5.41) is 0.760. The van der Waals surface area contributed by atoms with Crippen LogP contribution < -0.4 is 0 Å². The quantitative estimate of drug-likeness (QED) is 0.571. The molecular weight excluding hydrogens is 236 g/mol. The summed E-state index contributed by atoms with van der Waals surface area (Å²) in [5.74, 6) is 0. The summed E-state index contributed by atoms with van der Waals surface area (Å²) in [5.41, 5.74) is 2.10. The van der Waals surface area contributed by atoms with Gasteiger partial charge >= 0.3 is 0 Å². The Morgan fingerprint density at radius 1 is 0.812 bits per heavy atom. The lowest BCUT2D eigenvalue weighted by Crippen LogP contribution is -1.76. The molecule has 0 radical (unpaired) electrons. The molecule has 0 nitrogen and oxygen atoms in total. The normalized spacial score (nSPS) is 10.9. The van der Waals surface area contributed by atoms with Crippen LogP contribution in [0.15, 0.2) is 53.4 Å². The maximum Gasteiger partial charge on any atom is 0.0478 e. The van der Waals surface area contributed by atoms with Crippen molar-refractivity contribution in [2.45, 2.75) is 4.90 Å². The number of halogens is 1. The molecular formula is C14H11ClS. The van der Waals surface area contributed by atoms with E-state index in [1.54, 1.807) is 0 Å². The minimum atomic E-state index is 0.760. The predicted octanol–water partition coefficient (Wildman–Crippen LogP) is 4.80. The zero-order valence-corrected chi connectivity index (χ0v) is 10.2. The molecule has 2 rings (SSSR count). The van der Waals surface area contributed by atoms with E-state index in [2.05, 4.69) is 12.6 Å². The van der Waals surface area contributed by atoms with Gasteiger partial charge in [-0.05, 0) is 23.3 Å². The Morgan fingerprint density at radius 3 is 2.06 bits per heavy atom. The first-order chi connectivity index (χ1) is 7.77. The summed E-state index contributed by atoms with van der Waals surface area (Å²) >= 11 is 10.4. The fourth-order valence-corrected chi connectivity index (χ4v) is 1.85. The highest BCUT2D eigenvalue weighted by atomic mass is 35.5. The van der Waals surface area contributed by atoms with E-state index >= 15 is 0 Å². The molecule has 16 heavy (non-hydrogen) atoms. The standard InChI is InChI=1S/C14H11ClS/c15-13-7-3-1-5-11(13)9-10-12-6-2-4-8-14(12)16/h1-10,16H. The van der Waals surface area contributed by atoms with Gasteiger partial charge in [0.1, 0.15) is 0 Å². The van der Waals surface area contributed by atoms with Gasteiger partial charge in [-0.3, -0.25) is 0 Å². The Balaban J connectivity index is 2.29. The van der Waals surface area contributed by atoms with Crippen LogP contribution in [-0.2, 0) is 0 Å². The first-order valence-corrected chi connectivity index (χ1v) is 5.80. The minimum Gasteiger partial charge on any atom is -0.143 e. The molecule has 0 amide bonds. The summed E-state index contributed by atoms with van der Waals surface area (Å²) < 4.78 is 0. The molecule has 0 atom stereocenters. The molecule has 2 heteroatoms. The van der Waals surface area contributed by atoms with Crippen molar-refractivity contribution in [3.8, 4) is 0 Å². The zero-order chi connectivity index (χ0) is 11.4. The molecule has 0 aromatic heterocycles. The van der Waals surface area contributed by atoms with Crippen LogP contribution in [0.3, 0.4) is 0 Å². The average molecular weight is 247 g/mol. The second-order valence-electron chi connectivity index (χ2n) is 3.41. The predicted molar refractivity (Wildman–Crippen MR) is 74.1 cm³/mol. The van der Waals surface area contributed by atoms with Crippen molar-refractivity contribution < 1.29 is 0 Å². The van der Waals surface area contributed by atoms with Crippen LogP contribution >= 0.6 is 24.2 Å². The van der Waals surface area contributed by atoms with Crippen molar-refractivity contribution in [1.29, 1.82) is 0 Å². The van der Waals surface area contributed by atoms with Gasteiger partial charge in [0.25, 0.3) is 0 Å². The van der Waals surface area contributed by atoms with E-state index < -0.39 is 0 Å². The Hall–Kier alpha value is -1.18. The molecule has 2 aromatic rings. The lowest BCUT2D eigenvalue weighted by molar-refractivity contribution is 1.44. The Bertz CT molecular complexity index is 470. The number of benzene rings is 2. The van der Waals surface area contributed by atoms with Crippen molar-refractivity contribution in [3.05, 3.63) is 64.7 Å². The van der Waals surface area contributed by atoms with Crippen molar-refractivity contribution in [3.63, 3.8) is 0 Å². The van der Waals surface area contributed by atoms with Crippen LogP contribution in [0.5, 0.6) is 0 Å². The maximum atomic E-state index is 6.06. The molecule has 0 heterocycles. The molecule has 0 unspecified atom stereocenters. The summed E-state index contributed by atoms with van der Waals surface area (Å²) in [4.78, 5) is 0.964. The maximum absolute atomic E-state index is 6.06. The first kappa shape index (κ1) is 11.3. The number of hydrogen-bond donors (Lipinski definition) is 1. The van der Waals surface area contributed by atoms with Gasteiger partial charge in [-0.25, -0.2) is 0 Å². The van der Waals surface area contributed by atoms with E-state index in [1.807, 2.05) is 60.7 Å². The molecule has 0 saturated heterocycles. The van der Waals surface area contributed by atoms with Gasteiger partial charge in [-0.2, -0.15) is 0 Å². The summed E-state index contributed by atoms with van der Waals surface area (Å²) in [6.45, 7) is 0. The highest BCUT2D eigenvalue weighted by molar-refractivity contribution is 7.80. The molecule has 0 aliphatic rings. The average Bonchev–Trinajstić information content (AvgIpc) is 2.30. The van der Waals surface area contributed by atoms with Crippen LogP contribution in [0.1, 0.15) is 11.1 Å². The van der Waals surface area contributed by atoms with E-state index in [0.717, 1.165) is 21.0 Å². The topological polar surface area (TPSA) is 0 Å². The van der Waals surface area contributed by atoms with Crippen LogP contribution in [-0.4, -0.2) is 0 Å². The largest absolute Gasteiger partial charge is 0.143 e. The third kappa shape index (κ3) is 2.69.